The number of likely N-dealkylation sites (tertiary alicyclic amines) is 2. The van der Waals surface area contributed by atoms with Gasteiger partial charge in [-0.05, 0) is 34.2 Å². The minimum Gasteiger partial charge on any atom is -0.480 e. The first-order valence-electron chi connectivity index (χ1n) is 14.0. The zero-order chi connectivity index (χ0) is 29.5. The van der Waals surface area contributed by atoms with Gasteiger partial charge in [-0.3, -0.25) is 9.69 Å². The van der Waals surface area contributed by atoms with Gasteiger partial charge in [-0.2, -0.15) is 0 Å². The summed E-state index contributed by atoms with van der Waals surface area (Å²) in [6.45, 7) is -0.112. The number of nitrogens with one attached hydrogen (secondary N) is 1. The van der Waals surface area contributed by atoms with Crippen molar-refractivity contribution >= 4 is 18.0 Å². The van der Waals surface area contributed by atoms with Gasteiger partial charge in [0.1, 0.15) is 18.2 Å². The van der Waals surface area contributed by atoms with Crippen molar-refractivity contribution in [1.82, 2.24) is 15.1 Å². The maximum absolute atomic E-state index is 14.4. The molecule has 2 fully saturated rings. The van der Waals surface area contributed by atoms with E-state index in [1.807, 2.05) is 83.8 Å². The van der Waals surface area contributed by atoms with Crippen LogP contribution in [-0.4, -0.2) is 76.6 Å². The number of alkyl halides is 2. The lowest BCUT2D eigenvalue weighted by Gasteiger charge is -2.34. The first kappa shape index (κ1) is 27.8. The van der Waals surface area contributed by atoms with Crippen molar-refractivity contribution in [2.24, 2.45) is 0 Å². The largest absolute Gasteiger partial charge is 0.480 e. The molecule has 2 aliphatic heterocycles. The van der Waals surface area contributed by atoms with Crippen molar-refractivity contribution in [1.29, 1.82) is 0 Å². The molecule has 10 heteroatoms. The lowest BCUT2D eigenvalue weighted by Crippen LogP contribution is -2.62. The van der Waals surface area contributed by atoms with E-state index in [1.165, 1.54) is 0 Å². The van der Waals surface area contributed by atoms with Crippen molar-refractivity contribution < 1.29 is 33.0 Å². The van der Waals surface area contributed by atoms with Crippen LogP contribution in [0.5, 0.6) is 0 Å². The number of amides is 2. The molecule has 0 aromatic heterocycles. The molecule has 1 aliphatic carbocycles. The van der Waals surface area contributed by atoms with E-state index in [2.05, 4.69) is 5.32 Å². The van der Waals surface area contributed by atoms with Crippen molar-refractivity contribution in [2.75, 3.05) is 26.2 Å². The fraction of sp³-hybridized carbons (Fsp3) is 0.344. The second-order valence-electron chi connectivity index (χ2n) is 11.3. The number of carbonyl (C=O) groups excluding carboxylic acids is 2. The highest BCUT2D eigenvalue weighted by Crippen LogP contribution is 2.44. The van der Waals surface area contributed by atoms with Crippen molar-refractivity contribution in [3.05, 3.63) is 95.6 Å². The number of rotatable bonds is 7. The summed E-state index contributed by atoms with van der Waals surface area (Å²) in [5.41, 5.74) is 3.54. The zero-order valence-electron chi connectivity index (χ0n) is 22.8. The summed E-state index contributed by atoms with van der Waals surface area (Å²) in [5.74, 6) is -5.89. The number of nitrogens with zero attached hydrogens (tertiary/aromatic N) is 2. The quantitative estimate of drug-likeness (QED) is 0.431. The minimum atomic E-state index is -3.34. The Hall–Kier alpha value is -4.31. The summed E-state index contributed by atoms with van der Waals surface area (Å²) in [6.07, 6.45) is -1.70. The second kappa shape index (κ2) is 10.8. The third kappa shape index (κ3) is 5.22. The molecule has 6 rings (SSSR count). The van der Waals surface area contributed by atoms with Crippen LogP contribution in [0.25, 0.3) is 11.1 Å². The lowest BCUT2D eigenvalue weighted by atomic mass is 9.96. The fourth-order valence-corrected chi connectivity index (χ4v) is 6.55. The number of hydrogen-bond acceptors (Lipinski definition) is 5. The molecule has 218 valence electrons. The number of hydrogen-bond donors (Lipinski definition) is 2. The van der Waals surface area contributed by atoms with Gasteiger partial charge in [-0.15, -0.1) is 0 Å². The number of carboxylic acids is 1. The number of alkyl carbamates (subject to hydrolysis) is 1. The Balaban J connectivity index is 1.22. The normalized spacial score (nSPS) is 22.9. The van der Waals surface area contributed by atoms with Gasteiger partial charge in [0.05, 0.1) is 6.54 Å². The van der Waals surface area contributed by atoms with Crippen LogP contribution in [0.15, 0.2) is 78.9 Å². The van der Waals surface area contributed by atoms with E-state index < -0.39 is 48.4 Å². The summed E-state index contributed by atoms with van der Waals surface area (Å²) < 4.78 is 34.4. The summed E-state index contributed by atoms with van der Waals surface area (Å²) >= 11 is 0. The molecule has 3 aromatic carbocycles. The maximum Gasteiger partial charge on any atom is 0.408 e. The van der Waals surface area contributed by atoms with Gasteiger partial charge < -0.3 is 20.1 Å². The molecular weight excluding hydrogens is 544 g/mol. The van der Waals surface area contributed by atoms with Gasteiger partial charge >= 0.3 is 12.1 Å². The number of ether oxygens (including phenoxy) is 1. The molecule has 1 unspecified atom stereocenters. The van der Waals surface area contributed by atoms with E-state index in [4.69, 9.17) is 4.74 Å². The molecule has 2 heterocycles. The molecule has 3 aromatic rings. The standard InChI is InChI=1S/C32H31F2N3O5/c33-32(34)16-27(28(38)39)37(20-32)29(40)31(14-15-36(19-31)17-21-8-2-1-3-9-21)35-30(41)42-18-26-24-12-6-4-10-22(24)23-11-5-7-13-25(23)26/h1-13,26-27H,14-20H2,(H,35,41)(H,38,39)/t27-,31?/m1/s1. The summed E-state index contributed by atoms with van der Waals surface area (Å²) in [7, 11) is 0. The van der Waals surface area contributed by atoms with Crippen LogP contribution >= 0.6 is 0 Å². The average molecular weight is 576 g/mol. The van der Waals surface area contributed by atoms with Crippen LogP contribution in [0.4, 0.5) is 13.6 Å². The molecule has 2 atom stereocenters. The topological polar surface area (TPSA) is 99.2 Å². The Morgan fingerprint density at radius 1 is 0.905 bits per heavy atom. The zero-order valence-corrected chi connectivity index (χ0v) is 22.8. The SMILES string of the molecule is O=C(NC1(C(=O)N2CC(F)(F)C[C@@H]2C(=O)O)CCN(Cc2ccccc2)C1)OCC1c2ccccc2-c2ccccc21. The third-order valence-corrected chi connectivity index (χ3v) is 8.51. The number of fused-ring (bicyclic) bond motifs is 3. The van der Waals surface area contributed by atoms with Crippen LogP contribution in [0, 0.1) is 0 Å². The number of carboxylic acid groups (broad SMARTS) is 1. The third-order valence-electron chi connectivity index (χ3n) is 8.51. The number of aliphatic carboxylic acids is 1. The molecule has 2 amide bonds. The van der Waals surface area contributed by atoms with E-state index in [9.17, 15) is 28.3 Å². The molecule has 0 saturated carbocycles. The van der Waals surface area contributed by atoms with Crippen molar-refractivity contribution in [2.45, 2.75) is 42.8 Å². The van der Waals surface area contributed by atoms with Crippen LogP contribution in [0.1, 0.15) is 35.4 Å². The van der Waals surface area contributed by atoms with E-state index in [0.717, 1.165) is 27.8 Å². The predicted molar refractivity (Wildman–Crippen MR) is 150 cm³/mol. The Labute approximate surface area is 241 Å². The summed E-state index contributed by atoms with van der Waals surface area (Å²) in [5, 5.41) is 12.3. The highest BCUT2D eigenvalue weighted by molar-refractivity contribution is 5.94. The Bertz CT molecular complexity index is 1470. The molecule has 0 radical (unpaired) electrons. The van der Waals surface area contributed by atoms with Crippen molar-refractivity contribution in [3.8, 4) is 11.1 Å². The summed E-state index contributed by atoms with van der Waals surface area (Å²) in [4.78, 5) is 41.8. The smallest absolute Gasteiger partial charge is 0.408 e. The Morgan fingerprint density at radius 3 is 2.17 bits per heavy atom. The van der Waals surface area contributed by atoms with Gasteiger partial charge in [0.2, 0.25) is 0 Å². The average Bonchev–Trinajstić information content (AvgIpc) is 3.64. The van der Waals surface area contributed by atoms with Crippen LogP contribution in [-0.2, 0) is 20.9 Å². The maximum atomic E-state index is 14.4. The van der Waals surface area contributed by atoms with Crippen LogP contribution < -0.4 is 5.32 Å². The van der Waals surface area contributed by atoms with Gasteiger partial charge in [-0.25, -0.2) is 18.4 Å². The molecular formula is C32H31F2N3O5. The fourth-order valence-electron chi connectivity index (χ4n) is 6.55. The molecule has 3 aliphatic rings. The summed E-state index contributed by atoms with van der Waals surface area (Å²) in [6, 6.07) is 23.6. The number of carbonyl (C=O) groups is 3. The first-order valence-corrected chi connectivity index (χ1v) is 14.0. The Kier molecular flexibility index (Phi) is 7.18. The molecule has 42 heavy (non-hydrogen) atoms. The molecule has 2 saturated heterocycles. The molecule has 2 N–H and O–H groups in total. The van der Waals surface area contributed by atoms with Gasteiger partial charge in [-0.1, -0.05) is 78.9 Å². The lowest BCUT2D eigenvalue weighted by molar-refractivity contribution is -0.151. The minimum absolute atomic E-state index is 0.0113. The Morgan fingerprint density at radius 2 is 1.52 bits per heavy atom. The van der Waals surface area contributed by atoms with Gasteiger partial charge in [0.25, 0.3) is 11.8 Å². The van der Waals surface area contributed by atoms with Gasteiger partial charge in [0, 0.05) is 32.0 Å². The highest BCUT2D eigenvalue weighted by Gasteiger charge is 2.56. The first-order chi connectivity index (χ1) is 20.2. The predicted octanol–water partition coefficient (Wildman–Crippen LogP) is 4.49. The van der Waals surface area contributed by atoms with Crippen LogP contribution in [0.3, 0.4) is 0 Å². The van der Waals surface area contributed by atoms with E-state index >= 15 is 0 Å². The molecule has 0 spiro atoms. The van der Waals surface area contributed by atoms with Gasteiger partial charge in [0.15, 0.2) is 0 Å². The van der Waals surface area contributed by atoms with E-state index in [0.29, 0.717) is 18.0 Å². The number of halogens is 2. The highest BCUT2D eigenvalue weighted by atomic mass is 19.3. The number of benzene rings is 3. The van der Waals surface area contributed by atoms with Crippen LogP contribution in [0.2, 0.25) is 0 Å². The second-order valence-corrected chi connectivity index (χ2v) is 11.3. The monoisotopic (exact) mass is 575 g/mol. The molecule has 8 nitrogen and oxygen atoms in total. The van der Waals surface area contributed by atoms with E-state index in [1.54, 1.807) is 0 Å². The van der Waals surface area contributed by atoms with Crippen molar-refractivity contribution in [3.63, 3.8) is 0 Å². The molecule has 0 bridgehead atoms. The van der Waals surface area contributed by atoms with E-state index in [-0.39, 0.29) is 25.5 Å².